The van der Waals surface area contributed by atoms with Gasteiger partial charge in [0, 0.05) is 5.75 Å². The first-order valence-electron chi connectivity index (χ1n) is 2.40. The highest BCUT2D eigenvalue weighted by atomic mass is 33.7. The molecule has 0 amide bonds. The Labute approximate surface area is 69.0 Å². The highest BCUT2D eigenvalue weighted by Crippen LogP contribution is 2.41. The molecular formula is C3H10S4Si. The molecule has 0 nitrogen and oxygen atoms in total. The Kier molecular flexibility index (Phi) is 10.4. The minimum absolute atomic E-state index is 1.25. The molecule has 0 heterocycles. The van der Waals surface area contributed by atoms with Crippen LogP contribution in [0, 0.1) is 0 Å². The largest absolute Gasteiger partial charge is 0.121 e. The molecule has 50 valence electrons. The number of rotatable bonds is 5. The second kappa shape index (κ2) is 8.62. The third-order valence-electron chi connectivity index (χ3n) is 0.431. The molecule has 0 aliphatic heterocycles. The van der Waals surface area contributed by atoms with E-state index in [0.29, 0.717) is 0 Å². The first kappa shape index (κ1) is 9.62. The summed E-state index contributed by atoms with van der Waals surface area (Å²) in [7, 11) is 8.98. The van der Waals surface area contributed by atoms with Crippen molar-refractivity contribution in [2.45, 2.75) is 13.3 Å². The van der Waals surface area contributed by atoms with Gasteiger partial charge in [0.25, 0.3) is 0 Å². The molecule has 0 saturated carbocycles. The van der Waals surface area contributed by atoms with Crippen LogP contribution >= 0.6 is 40.7 Å². The third kappa shape index (κ3) is 7.62. The van der Waals surface area contributed by atoms with Crippen LogP contribution in [0.15, 0.2) is 0 Å². The Bertz CT molecular complexity index is 36.3. The first-order valence-corrected chi connectivity index (χ1v) is 10.2. The zero-order valence-electron chi connectivity index (χ0n) is 5.05. The molecule has 0 N–H and O–H groups in total. The maximum atomic E-state index is 2.21. The van der Waals surface area contributed by atoms with Crippen LogP contribution in [0.1, 0.15) is 13.3 Å². The van der Waals surface area contributed by atoms with Crippen LogP contribution in [0.4, 0.5) is 0 Å². The molecule has 0 fully saturated rings. The van der Waals surface area contributed by atoms with E-state index in [4.69, 9.17) is 0 Å². The third-order valence-corrected chi connectivity index (χ3v) is 10.4. The van der Waals surface area contributed by atoms with Gasteiger partial charge in [-0.25, -0.2) is 0 Å². The van der Waals surface area contributed by atoms with E-state index in [1.54, 1.807) is 0 Å². The molecule has 0 aromatic carbocycles. The summed E-state index contributed by atoms with van der Waals surface area (Å²) in [5.41, 5.74) is 0. The molecule has 0 rings (SSSR count). The monoisotopic (exact) mass is 202 g/mol. The molecular weight excluding hydrogens is 192 g/mol. The summed E-state index contributed by atoms with van der Waals surface area (Å²) in [6, 6.07) is 0. The van der Waals surface area contributed by atoms with Crippen LogP contribution in [-0.2, 0) is 0 Å². The number of hydrogen-bond acceptors (Lipinski definition) is 4. The molecule has 0 aromatic rings. The van der Waals surface area contributed by atoms with Crippen molar-refractivity contribution in [3.05, 3.63) is 0 Å². The zero-order chi connectivity index (χ0) is 6.24. The standard InChI is InChI=1S/C3H10S4Si/c1-2-3-4-5-6-7-8/h2-3H2,1,8H3. The van der Waals surface area contributed by atoms with Crippen LogP contribution in [0.5, 0.6) is 0 Å². The molecule has 0 unspecified atom stereocenters. The van der Waals surface area contributed by atoms with Crippen LogP contribution in [0.3, 0.4) is 0 Å². The van der Waals surface area contributed by atoms with Gasteiger partial charge < -0.3 is 0 Å². The second-order valence-corrected chi connectivity index (χ2v) is 10.3. The van der Waals surface area contributed by atoms with Crippen molar-refractivity contribution in [3.63, 3.8) is 0 Å². The predicted molar refractivity (Wildman–Crippen MR) is 55.5 cm³/mol. The molecule has 0 aromatic heterocycles. The lowest BCUT2D eigenvalue weighted by Crippen LogP contribution is -1.63. The van der Waals surface area contributed by atoms with Crippen molar-refractivity contribution < 1.29 is 0 Å². The van der Waals surface area contributed by atoms with Gasteiger partial charge >= 0.3 is 0 Å². The molecule has 0 saturated heterocycles. The fourth-order valence-corrected chi connectivity index (χ4v) is 10.0. The van der Waals surface area contributed by atoms with E-state index >= 15 is 0 Å². The molecule has 0 bridgehead atoms. The predicted octanol–water partition coefficient (Wildman–Crippen LogP) is 2.35. The van der Waals surface area contributed by atoms with Crippen LogP contribution in [-0.4, -0.2) is 15.1 Å². The molecule has 0 radical (unpaired) electrons. The molecule has 0 spiro atoms. The van der Waals surface area contributed by atoms with Gasteiger partial charge in [-0.3, -0.25) is 0 Å². The second-order valence-electron chi connectivity index (χ2n) is 1.12. The fourth-order valence-electron chi connectivity index (χ4n) is 0.165. The van der Waals surface area contributed by atoms with Gasteiger partial charge in [0.05, 0.1) is 9.39 Å². The Morgan fingerprint density at radius 1 is 1.38 bits per heavy atom. The zero-order valence-corrected chi connectivity index (χ0v) is 10.3. The summed E-state index contributed by atoms with van der Waals surface area (Å²) in [5, 5.41) is 0. The lowest BCUT2D eigenvalue weighted by atomic mass is 10.6. The topological polar surface area (TPSA) is 0 Å². The Hall–Kier alpha value is 1.62. The maximum Gasteiger partial charge on any atom is 0.0846 e. The molecule has 0 aliphatic carbocycles. The van der Waals surface area contributed by atoms with Crippen molar-refractivity contribution in [1.29, 1.82) is 0 Å². The van der Waals surface area contributed by atoms with Gasteiger partial charge in [0.2, 0.25) is 0 Å². The average molecular weight is 202 g/mol. The van der Waals surface area contributed by atoms with Gasteiger partial charge in [0.15, 0.2) is 0 Å². The average Bonchev–Trinajstić information content (AvgIpc) is 1.81. The Morgan fingerprint density at radius 3 is 2.62 bits per heavy atom. The quantitative estimate of drug-likeness (QED) is 0.381. The van der Waals surface area contributed by atoms with Crippen molar-refractivity contribution in [1.82, 2.24) is 0 Å². The van der Waals surface area contributed by atoms with Crippen molar-refractivity contribution in [3.8, 4) is 0 Å². The van der Waals surface area contributed by atoms with E-state index in [1.165, 1.54) is 21.6 Å². The Morgan fingerprint density at radius 2 is 2.12 bits per heavy atom. The van der Waals surface area contributed by atoms with E-state index in [9.17, 15) is 0 Å². The van der Waals surface area contributed by atoms with Gasteiger partial charge in [-0.15, -0.1) is 10.2 Å². The molecule has 8 heavy (non-hydrogen) atoms. The summed E-state index contributed by atoms with van der Waals surface area (Å²) in [6.07, 6.45) is 1.30. The summed E-state index contributed by atoms with van der Waals surface area (Å²) in [6.45, 7) is 2.21. The van der Waals surface area contributed by atoms with Crippen molar-refractivity contribution in [2.24, 2.45) is 0 Å². The summed E-state index contributed by atoms with van der Waals surface area (Å²) >= 11 is 0. The maximum absolute atomic E-state index is 2.21. The van der Waals surface area contributed by atoms with Gasteiger partial charge in [-0.2, -0.15) is 0 Å². The van der Waals surface area contributed by atoms with E-state index in [0.717, 1.165) is 0 Å². The highest BCUT2D eigenvalue weighted by molar-refractivity contribution is 9.28. The van der Waals surface area contributed by atoms with E-state index in [2.05, 4.69) is 6.92 Å². The normalized spacial score (nSPS) is 10.1. The van der Waals surface area contributed by atoms with E-state index < -0.39 is 0 Å². The summed E-state index contributed by atoms with van der Waals surface area (Å²) < 4.78 is 0. The molecule has 0 atom stereocenters. The van der Waals surface area contributed by atoms with Crippen LogP contribution in [0.2, 0.25) is 0 Å². The highest BCUT2D eigenvalue weighted by Gasteiger charge is 1.85. The molecule has 5 heteroatoms. The number of hydrogen-bond donors (Lipinski definition) is 0. The van der Waals surface area contributed by atoms with Crippen molar-refractivity contribution >= 4 is 50.1 Å². The van der Waals surface area contributed by atoms with Gasteiger partial charge in [-0.05, 0) is 26.1 Å². The van der Waals surface area contributed by atoms with Crippen molar-refractivity contribution in [2.75, 3.05) is 5.75 Å². The SMILES string of the molecule is CCCSSSS[SiH3]. The Balaban J connectivity index is 2.53. The summed E-state index contributed by atoms with van der Waals surface area (Å²) in [4.78, 5) is 0. The summed E-state index contributed by atoms with van der Waals surface area (Å²) in [5.74, 6) is 1.29. The van der Waals surface area contributed by atoms with Crippen LogP contribution in [0.25, 0.3) is 0 Å². The lowest BCUT2D eigenvalue weighted by molar-refractivity contribution is 1.11. The first-order chi connectivity index (χ1) is 3.91. The minimum Gasteiger partial charge on any atom is -0.121 e. The smallest absolute Gasteiger partial charge is 0.0846 e. The minimum atomic E-state index is 1.25. The fraction of sp³-hybridized carbons (Fsp3) is 1.00. The van der Waals surface area contributed by atoms with E-state index in [1.807, 2.05) is 40.7 Å². The lowest BCUT2D eigenvalue weighted by Gasteiger charge is -1.92. The van der Waals surface area contributed by atoms with Gasteiger partial charge in [-0.1, -0.05) is 17.7 Å². The molecule has 0 aliphatic rings. The van der Waals surface area contributed by atoms with Crippen LogP contribution < -0.4 is 0 Å². The van der Waals surface area contributed by atoms with E-state index in [-0.39, 0.29) is 0 Å². The van der Waals surface area contributed by atoms with Gasteiger partial charge in [0.1, 0.15) is 0 Å².